The number of aliphatic hydroxyl groups excluding tert-OH is 1. The summed E-state index contributed by atoms with van der Waals surface area (Å²) in [5.74, 6) is -1.04. The normalized spacial score (nSPS) is 17.4. The van der Waals surface area contributed by atoms with Crippen LogP contribution in [-0.4, -0.2) is 33.3 Å². The summed E-state index contributed by atoms with van der Waals surface area (Å²) in [6.45, 7) is 2.73. The Morgan fingerprint density at radius 1 is 1.12 bits per heavy atom. The number of aromatic nitrogens is 1. The summed E-state index contributed by atoms with van der Waals surface area (Å²) >= 11 is 5.98. The zero-order valence-electron chi connectivity index (χ0n) is 18.1. The molecule has 1 atom stereocenters. The highest BCUT2D eigenvalue weighted by Crippen LogP contribution is 2.41. The molecule has 7 heteroatoms. The maximum Gasteiger partial charge on any atom is 0.295 e. The molecule has 1 N–H and O–H groups in total. The third-order valence-corrected chi connectivity index (χ3v) is 5.63. The Morgan fingerprint density at radius 3 is 2.61 bits per heavy atom. The molecule has 6 nitrogen and oxygen atoms in total. The number of aliphatic hydroxyl groups is 1. The number of carbonyl (C=O) groups excluding carboxylic acids is 2. The lowest BCUT2D eigenvalue weighted by Crippen LogP contribution is -2.29. The van der Waals surface area contributed by atoms with Crippen molar-refractivity contribution in [3.63, 3.8) is 0 Å². The van der Waals surface area contributed by atoms with Gasteiger partial charge in [0.25, 0.3) is 11.7 Å². The molecule has 1 fully saturated rings. The van der Waals surface area contributed by atoms with E-state index in [0.29, 0.717) is 28.5 Å². The number of halogens is 1. The highest BCUT2D eigenvalue weighted by molar-refractivity contribution is 6.46. The standard InChI is InChI=1S/C26H23ClN2O4/c1-2-13-33-21-7-3-6-19(14-21)23-22(24(30)18-8-10-20(27)11-9-18)25(31)26(32)29(23)16-17-5-4-12-28-15-17/h3-12,14-15,23,30H,2,13,16H2,1H3/t23-/m1/s1. The van der Waals surface area contributed by atoms with Gasteiger partial charge in [0.05, 0.1) is 18.2 Å². The fourth-order valence-corrected chi connectivity index (χ4v) is 3.96. The van der Waals surface area contributed by atoms with Crippen molar-refractivity contribution in [1.29, 1.82) is 0 Å². The van der Waals surface area contributed by atoms with Gasteiger partial charge in [0.2, 0.25) is 0 Å². The van der Waals surface area contributed by atoms with Gasteiger partial charge >= 0.3 is 0 Å². The third kappa shape index (κ3) is 4.76. The van der Waals surface area contributed by atoms with E-state index in [2.05, 4.69) is 4.98 Å². The number of nitrogens with zero attached hydrogens (tertiary/aromatic N) is 2. The largest absolute Gasteiger partial charge is 0.507 e. The molecule has 0 spiro atoms. The first-order valence-electron chi connectivity index (χ1n) is 10.7. The predicted octanol–water partition coefficient (Wildman–Crippen LogP) is 5.15. The lowest BCUT2D eigenvalue weighted by Gasteiger charge is -2.25. The Bertz CT molecular complexity index is 1190. The second-order valence-corrected chi connectivity index (χ2v) is 8.15. The van der Waals surface area contributed by atoms with E-state index < -0.39 is 17.7 Å². The Hall–Kier alpha value is -3.64. The molecule has 2 aromatic carbocycles. The number of amides is 1. The number of ether oxygens (including phenoxy) is 1. The highest BCUT2D eigenvalue weighted by atomic mass is 35.5. The maximum absolute atomic E-state index is 13.1. The van der Waals surface area contributed by atoms with Gasteiger partial charge in [-0.05, 0) is 60.0 Å². The summed E-state index contributed by atoms with van der Waals surface area (Å²) in [6, 6.07) is 16.6. The molecular weight excluding hydrogens is 440 g/mol. The van der Waals surface area contributed by atoms with Crippen LogP contribution in [-0.2, 0) is 16.1 Å². The van der Waals surface area contributed by atoms with Crippen molar-refractivity contribution in [3.05, 3.63) is 100 Å². The Kier molecular flexibility index (Phi) is 6.75. The van der Waals surface area contributed by atoms with Gasteiger partial charge in [-0.15, -0.1) is 0 Å². The molecule has 0 bridgehead atoms. The van der Waals surface area contributed by atoms with E-state index in [0.717, 1.165) is 12.0 Å². The molecule has 33 heavy (non-hydrogen) atoms. The van der Waals surface area contributed by atoms with Gasteiger partial charge in [-0.2, -0.15) is 0 Å². The van der Waals surface area contributed by atoms with Crippen LogP contribution in [0.1, 0.15) is 36.1 Å². The van der Waals surface area contributed by atoms with E-state index in [1.165, 1.54) is 4.90 Å². The summed E-state index contributed by atoms with van der Waals surface area (Å²) in [4.78, 5) is 31.8. The molecule has 3 aromatic rings. The smallest absolute Gasteiger partial charge is 0.295 e. The summed E-state index contributed by atoms with van der Waals surface area (Å²) in [6.07, 6.45) is 4.14. The molecule has 168 valence electrons. The third-order valence-electron chi connectivity index (χ3n) is 5.38. The molecule has 1 aliphatic rings. The second-order valence-electron chi connectivity index (χ2n) is 7.72. The van der Waals surface area contributed by atoms with Crippen molar-refractivity contribution in [1.82, 2.24) is 9.88 Å². The second kappa shape index (κ2) is 9.88. The first-order valence-corrected chi connectivity index (χ1v) is 11.0. The molecule has 1 aliphatic heterocycles. The van der Waals surface area contributed by atoms with E-state index in [1.807, 2.05) is 31.2 Å². The van der Waals surface area contributed by atoms with E-state index in [-0.39, 0.29) is 17.9 Å². The number of likely N-dealkylation sites (tertiary alicyclic amines) is 1. The first-order chi connectivity index (χ1) is 16.0. The Morgan fingerprint density at radius 2 is 1.91 bits per heavy atom. The van der Waals surface area contributed by atoms with Gasteiger partial charge in [0, 0.05) is 29.5 Å². The monoisotopic (exact) mass is 462 g/mol. The van der Waals surface area contributed by atoms with Gasteiger partial charge < -0.3 is 14.7 Å². The Labute approximate surface area is 197 Å². The zero-order valence-corrected chi connectivity index (χ0v) is 18.8. The van der Waals surface area contributed by atoms with Crippen LogP contribution in [0.15, 0.2) is 78.6 Å². The molecule has 0 aliphatic carbocycles. The first kappa shape index (κ1) is 22.6. The van der Waals surface area contributed by atoms with Gasteiger partial charge in [-0.1, -0.05) is 36.7 Å². The van der Waals surface area contributed by atoms with Crippen LogP contribution in [0.4, 0.5) is 0 Å². The average molecular weight is 463 g/mol. The summed E-state index contributed by atoms with van der Waals surface area (Å²) in [5, 5.41) is 11.6. The van der Waals surface area contributed by atoms with Gasteiger partial charge in [-0.3, -0.25) is 14.6 Å². The summed E-state index contributed by atoms with van der Waals surface area (Å²) < 4.78 is 5.76. The molecule has 1 amide bonds. The van der Waals surface area contributed by atoms with Crippen molar-refractivity contribution < 1.29 is 19.4 Å². The summed E-state index contributed by atoms with van der Waals surface area (Å²) in [5.41, 5.74) is 1.87. The number of rotatable bonds is 7. The Balaban J connectivity index is 1.84. The van der Waals surface area contributed by atoms with Crippen molar-refractivity contribution in [2.45, 2.75) is 25.9 Å². The van der Waals surface area contributed by atoms with E-state index in [4.69, 9.17) is 16.3 Å². The van der Waals surface area contributed by atoms with E-state index >= 15 is 0 Å². The molecule has 2 heterocycles. The quantitative estimate of drug-likeness (QED) is 0.298. The number of benzene rings is 2. The molecule has 0 unspecified atom stereocenters. The van der Waals surface area contributed by atoms with Crippen LogP contribution in [0.2, 0.25) is 5.02 Å². The maximum atomic E-state index is 13.1. The zero-order chi connectivity index (χ0) is 23.4. The van der Waals surface area contributed by atoms with Crippen LogP contribution >= 0.6 is 11.6 Å². The van der Waals surface area contributed by atoms with Gasteiger partial charge in [0.15, 0.2) is 0 Å². The number of Topliss-reactive ketones (excluding diaryl/α,β-unsaturated/α-hetero) is 1. The molecule has 1 aromatic heterocycles. The van der Waals surface area contributed by atoms with Gasteiger partial charge in [0.1, 0.15) is 11.5 Å². The fourth-order valence-electron chi connectivity index (χ4n) is 3.84. The van der Waals surface area contributed by atoms with Gasteiger partial charge in [-0.25, -0.2) is 0 Å². The minimum Gasteiger partial charge on any atom is -0.507 e. The number of hydrogen-bond acceptors (Lipinski definition) is 5. The minimum atomic E-state index is -0.786. The number of carbonyl (C=O) groups is 2. The topological polar surface area (TPSA) is 79.7 Å². The van der Waals surface area contributed by atoms with Crippen molar-refractivity contribution in [3.8, 4) is 5.75 Å². The average Bonchev–Trinajstić information content (AvgIpc) is 3.08. The van der Waals surface area contributed by atoms with E-state index in [1.54, 1.807) is 48.8 Å². The van der Waals surface area contributed by atoms with Crippen molar-refractivity contribution in [2.24, 2.45) is 0 Å². The lowest BCUT2D eigenvalue weighted by atomic mass is 9.95. The number of ketones is 1. The van der Waals surface area contributed by atoms with Crippen LogP contribution < -0.4 is 4.74 Å². The summed E-state index contributed by atoms with van der Waals surface area (Å²) in [7, 11) is 0. The molecule has 0 saturated carbocycles. The van der Waals surface area contributed by atoms with Crippen molar-refractivity contribution in [2.75, 3.05) is 6.61 Å². The van der Waals surface area contributed by atoms with Crippen LogP contribution in [0, 0.1) is 0 Å². The minimum absolute atomic E-state index is 0.0267. The molecular formula is C26H23ClN2O4. The fraction of sp³-hybridized carbons (Fsp3) is 0.192. The lowest BCUT2D eigenvalue weighted by molar-refractivity contribution is -0.140. The molecule has 0 radical (unpaired) electrons. The van der Waals surface area contributed by atoms with E-state index in [9.17, 15) is 14.7 Å². The number of hydrogen-bond donors (Lipinski definition) is 1. The molecule has 1 saturated heterocycles. The SMILES string of the molecule is CCCOc1cccc([C@@H]2C(=C(O)c3ccc(Cl)cc3)C(=O)C(=O)N2Cc2cccnc2)c1. The van der Waals surface area contributed by atoms with Crippen LogP contribution in [0.25, 0.3) is 5.76 Å². The predicted molar refractivity (Wildman–Crippen MR) is 126 cm³/mol. The van der Waals surface area contributed by atoms with Crippen molar-refractivity contribution >= 4 is 29.1 Å². The highest BCUT2D eigenvalue weighted by Gasteiger charge is 2.46. The van der Waals surface area contributed by atoms with Crippen LogP contribution in [0.5, 0.6) is 5.75 Å². The van der Waals surface area contributed by atoms with Crippen LogP contribution in [0.3, 0.4) is 0 Å². The number of pyridine rings is 1. The molecule has 4 rings (SSSR count).